The Morgan fingerprint density at radius 1 is 1.18 bits per heavy atom. The van der Waals surface area contributed by atoms with Crippen LogP contribution in [0.4, 0.5) is 8.78 Å². The Morgan fingerprint density at radius 3 is 2.72 bits per heavy atom. The lowest BCUT2D eigenvalue weighted by Crippen LogP contribution is -2.09. The van der Waals surface area contributed by atoms with Crippen LogP contribution in [0.1, 0.15) is 56.0 Å². The number of carboxylic acids is 1. The minimum absolute atomic E-state index is 0.000333. The van der Waals surface area contributed by atoms with Crippen molar-refractivity contribution in [2.45, 2.75) is 36.2 Å². The molecule has 2 atom stereocenters. The quantitative estimate of drug-likeness (QED) is 0.236. The third kappa shape index (κ3) is 5.45. The minimum Gasteiger partial charge on any atom is -0.493 e. The fourth-order valence-electron chi connectivity index (χ4n) is 4.59. The van der Waals surface area contributed by atoms with Gasteiger partial charge in [-0.15, -0.1) is 33.3 Å². The second-order valence-electron chi connectivity index (χ2n) is 8.66. The average molecular weight is 593 g/mol. The number of aliphatic carboxylic acids is 1. The molecule has 4 aromatic rings. The van der Waals surface area contributed by atoms with Crippen LogP contribution in [0.3, 0.4) is 0 Å². The number of aryl methyl sites for hydroxylation is 1. The average Bonchev–Trinajstić information content (AvgIpc) is 3.54. The van der Waals surface area contributed by atoms with E-state index in [1.54, 1.807) is 44.7 Å². The first-order valence-corrected chi connectivity index (χ1v) is 14.0. The standard InChI is InChI=1S/C26H23ClF2N4O4S2/c1-36-18-5-3-4-15(22(18)37-2)23-16-10-13(27)6-8-17(16)33-25(31-32-26(33)24(28)29)19(39-23)11-20-30-12-14(38-20)7-9-21(34)35/h3-6,8,10,12,19,23-24H,7,9,11H2,1-2H3,(H,34,35)/t19-,23-/m0/s1. The summed E-state index contributed by atoms with van der Waals surface area (Å²) in [4.78, 5) is 16.3. The van der Waals surface area contributed by atoms with E-state index in [4.69, 9.17) is 26.2 Å². The molecule has 1 N–H and O–H groups in total. The largest absolute Gasteiger partial charge is 0.493 e. The number of halogens is 3. The molecule has 0 saturated heterocycles. The van der Waals surface area contributed by atoms with Crippen LogP contribution in [0.5, 0.6) is 11.5 Å². The molecule has 0 unspecified atom stereocenters. The van der Waals surface area contributed by atoms with Crippen molar-refractivity contribution in [2.75, 3.05) is 14.2 Å². The summed E-state index contributed by atoms with van der Waals surface area (Å²) in [7, 11) is 3.10. The van der Waals surface area contributed by atoms with Crippen LogP contribution < -0.4 is 9.47 Å². The van der Waals surface area contributed by atoms with Crippen molar-refractivity contribution in [3.8, 4) is 17.2 Å². The van der Waals surface area contributed by atoms with E-state index in [9.17, 15) is 13.6 Å². The maximum Gasteiger partial charge on any atom is 0.303 e. The number of fused-ring (bicyclic) bond motifs is 3. The summed E-state index contributed by atoms with van der Waals surface area (Å²) in [6.45, 7) is 0. The molecule has 13 heteroatoms. The van der Waals surface area contributed by atoms with Crippen LogP contribution in [0.2, 0.25) is 5.02 Å². The molecule has 0 radical (unpaired) electrons. The third-order valence-electron chi connectivity index (χ3n) is 6.27. The Kier molecular flexibility index (Phi) is 8.06. The molecule has 1 aliphatic rings. The van der Waals surface area contributed by atoms with E-state index in [0.29, 0.717) is 46.4 Å². The van der Waals surface area contributed by atoms with Crippen LogP contribution in [0, 0.1) is 0 Å². The molecule has 0 aliphatic carbocycles. The van der Waals surface area contributed by atoms with Gasteiger partial charge in [-0.1, -0.05) is 23.7 Å². The zero-order chi connectivity index (χ0) is 27.7. The lowest BCUT2D eigenvalue weighted by Gasteiger charge is -2.23. The molecule has 0 bridgehead atoms. The van der Waals surface area contributed by atoms with Gasteiger partial charge in [0.1, 0.15) is 0 Å². The predicted octanol–water partition coefficient (Wildman–Crippen LogP) is 6.47. The number of thioether (sulfide) groups is 1. The highest BCUT2D eigenvalue weighted by atomic mass is 35.5. The monoisotopic (exact) mass is 592 g/mol. The molecule has 8 nitrogen and oxygen atoms in total. The van der Waals surface area contributed by atoms with Crippen LogP contribution in [0.15, 0.2) is 42.6 Å². The highest BCUT2D eigenvalue weighted by molar-refractivity contribution is 8.00. The second-order valence-corrected chi connectivity index (χ2v) is 11.6. The van der Waals surface area contributed by atoms with Crippen molar-refractivity contribution >= 4 is 40.7 Å². The van der Waals surface area contributed by atoms with Crippen molar-refractivity contribution in [3.05, 3.63) is 80.3 Å². The SMILES string of the molecule is COc1cccc([C@@H]2S[C@@H](Cc3ncc(CCC(=O)O)s3)c3nnc(C(F)F)n3-c3ccc(Cl)cc32)c1OC. The van der Waals surface area contributed by atoms with Gasteiger partial charge in [0.2, 0.25) is 5.82 Å². The number of carboxylic acid groups (broad SMARTS) is 1. The molecule has 0 saturated carbocycles. The number of hydrogen-bond acceptors (Lipinski definition) is 8. The number of methoxy groups -OCH3 is 2. The number of aromatic nitrogens is 4. The number of hydrogen-bond donors (Lipinski definition) is 1. The van der Waals surface area contributed by atoms with Crippen molar-refractivity contribution in [3.63, 3.8) is 0 Å². The van der Waals surface area contributed by atoms with E-state index < -0.39 is 28.7 Å². The number of rotatable bonds is 9. The van der Waals surface area contributed by atoms with Crippen molar-refractivity contribution in [1.82, 2.24) is 19.7 Å². The highest BCUT2D eigenvalue weighted by Gasteiger charge is 2.37. The lowest BCUT2D eigenvalue weighted by molar-refractivity contribution is -0.136. The van der Waals surface area contributed by atoms with Gasteiger partial charge in [-0.2, -0.15) is 0 Å². The zero-order valence-electron chi connectivity index (χ0n) is 20.8. The predicted molar refractivity (Wildman–Crippen MR) is 145 cm³/mol. The van der Waals surface area contributed by atoms with Crippen molar-refractivity contribution in [1.29, 1.82) is 0 Å². The van der Waals surface area contributed by atoms with Crippen LogP contribution in [-0.2, 0) is 17.6 Å². The summed E-state index contributed by atoms with van der Waals surface area (Å²) in [5.41, 5.74) is 1.99. The molecule has 2 aromatic heterocycles. The molecule has 5 rings (SSSR count). The van der Waals surface area contributed by atoms with Crippen molar-refractivity contribution in [2.24, 2.45) is 0 Å². The normalized spacial score (nSPS) is 16.5. The third-order valence-corrected chi connectivity index (χ3v) is 9.07. The zero-order valence-corrected chi connectivity index (χ0v) is 23.2. The maximum atomic E-state index is 14.2. The van der Waals surface area contributed by atoms with Gasteiger partial charge in [-0.3, -0.25) is 9.36 Å². The topological polar surface area (TPSA) is 99.4 Å². The number of benzene rings is 2. The van der Waals surface area contributed by atoms with Gasteiger partial charge in [-0.05, 0) is 36.2 Å². The number of carbonyl (C=O) groups is 1. The fourth-order valence-corrected chi connectivity index (χ4v) is 7.37. The van der Waals surface area contributed by atoms with Gasteiger partial charge in [0.15, 0.2) is 17.3 Å². The molecule has 0 amide bonds. The van der Waals surface area contributed by atoms with E-state index >= 15 is 0 Å². The summed E-state index contributed by atoms with van der Waals surface area (Å²) in [5, 5.41) is 17.5. The fraction of sp³-hybridized carbons (Fsp3) is 0.308. The van der Waals surface area contributed by atoms with E-state index in [1.807, 2.05) is 12.1 Å². The maximum absolute atomic E-state index is 14.2. The lowest BCUT2D eigenvalue weighted by atomic mass is 10.0. The second kappa shape index (κ2) is 11.5. The van der Waals surface area contributed by atoms with Crippen molar-refractivity contribution < 1.29 is 28.2 Å². The molecule has 0 spiro atoms. The Hall–Kier alpha value is -3.22. The molecule has 39 heavy (non-hydrogen) atoms. The molecule has 0 fully saturated rings. The van der Waals surface area contributed by atoms with E-state index in [0.717, 1.165) is 15.4 Å². The van der Waals surface area contributed by atoms with Crippen LogP contribution in [0.25, 0.3) is 5.69 Å². The summed E-state index contributed by atoms with van der Waals surface area (Å²) in [6.07, 6.45) is -0.458. The Morgan fingerprint density at radius 2 is 2.00 bits per heavy atom. The minimum atomic E-state index is -2.86. The van der Waals surface area contributed by atoms with Crippen LogP contribution >= 0.6 is 34.7 Å². The molecule has 3 heterocycles. The number of thiazole rings is 1. The molecular formula is C26H23ClF2N4O4S2. The van der Waals surface area contributed by atoms with Gasteiger partial charge >= 0.3 is 5.97 Å². The number of alkyl halides is 2. The molecule has 204 valence electrons. The first kappa shape index (κ1) is 27.4. The summed E-state index contributed by atoms with van der Waals surface area (Å²) in [6, 6.07) is 10.7. The van der Waals surface area contributed by atoms with Gasteiger partial charge in [0.05, 0.1) is 41.8 Å². The Labute approximate surface area is 236 Å². The summed E-state index contributed by atoms with van der Waals surface area (Å²) in [5.74, 6) is 0.0856. The van der Waals surface area contributed by atoms with E-state index in [-0.39, 0.29) is 6.42 Å². The Bertz CT molecular complexity index is 1510. The van der Waals surface area contributed by atoms with Gasteiger partial charge in [-0.25, -0.2) is 13.8 Å². The summed E-state index contributed by atoms with van der Waals surface area (Å²) >= 11 is 9.34. The van der Waals surface area contributed by atoms with Crippen LogP contribution in [-0.4, -0.2) is 45.0 Å². The summed E-state index contributed by atoms with van der Waals surface area (Å²) < 4.78 is 41.1. The number of nitrogens with zero attached hydrogens (tertiary/aromatic N) is 4. The van der Waals surface area contributed by atoms with E-state index in [2.05, 4.69) is 15.2 Å². The highest BCUT2D eigenvalue weighted by Crippen LogP contribution is 2.54. The molecule has 1 aliphatic heterocycles. The number of para-hydroxylation sites is 1. The smallest absolute Gasteiger partial charge is 0.303 e. The van der Waals surface area contributed by atoms with Gasteiger partial charge in [0, 0.05) is 28.1 Å². The van der Waals surface area contributed by atoms with Gasteiger partial charge < -0.3 is 14.6 Å². The van der Waals surface area contributed by atoms with Gasteiger partial charge in [0.25, 0.3) is 6.43 Å². The molecular weight excluding hydrogens is 570 g/mol. The first-order chi connectivity index (χ1) is 18.8. The molecule has 2 aromatic carbocycles. The Balaban J connectivity index is 1.66. The number of ether oxygens (including phenoxy) is 2. The van der Waals surface area contributed by atoms with E-state index in [1.165, 1.54) is 27.7 Å². The first-order valence-electron chi connectivity index (χ1n) is 11.9.